The van der Waals surface area contributed by atoms with Gasteiger partial charge in [-0.15, -0.1) is 11.3 Å². The molecule has 0 bridgehead atoms. The Kier molecular flexibility index (Phi) is 4.11. The summed E-state index contributed by atoms with van der Waals surface area (Å²) in [5.74, 6) is -0.474. The van der Waals surface area contributed by atoms with Crippen LogP contribution in [0, 0.1) is 0 Å². The molecule has 1 heterocycles. The summed E-state index contributed by atoms with van der Waals surface area (Å²) in [4.78, 5) is 12.1. The number of carbonyl (C=O) groups is 1. The van der Waals surface area contributed by atoms with Gasteiger partial charge in [-0.3, -0.25) is 0 Å². The van der Waals surface area contributed by atoms with E-state index >= 15 is 0 Å². The van der Waals surface area contributed by atoms with Gasteiger partial charge in [-0.25, -0.2) is 4.79 Å². The fourth-order valence-electron chi connectivity index (χ4n) is 1.36. The number of nitrogen functional groups attached to an aromatic ring is 1. The van der Waals surface area contributed by atoms with Gasteiger partial charge >= 0.3 is 5.97 Å². The van der Waals surface area contributed by atoms with Crippen molar-refractivity contribution in [2.24, 2.45) is 0 Å². The van der Waals surface area contributed by atoms with E-state index in [4.69, 9.17) is 33.7 Å². The first kappa shape index (κ1) is 13.2. The van der Waals surface area contributed by atoms with Crippen LogP contribution in [0.3, 0.4) is 0 Å². The molecular weight excluding hydrogens is 293 g/mol. The number of rotatable bonds is 3. The number of anilines is 1. The highest BCUT2D eigenvalue weighted by Gasteiger charge is 2.14. The summed E-state index contributed by atoms with van der Waals surface area (Å²) in [6, 6.07) is 6.77. The summed E-state index contributed by atoms with van der Waals surface area (Å²) >= 11 is 13.2. The number of hydrogen-bond acceptors (Lipinski definition) is 4. The first-order valence-corrected chi connectivity index (χ1v) is 6.66. The lowest BCUT2D eigenvalue weighted by molar-refractivity contribution is 0.0480. The monoisotopic (exact) mass is 301 g/mol. The maximum Gasteiger partial charge on any atom is 0.350 e. The molecule has 94 valence electrons. The van der Waals surface area contributed by atoms with Crippen molar-refractivity contribution in [2.45, 2.75) is 6.61 Å². The van der Waals surface area contributed by atoms with Crippen molar-refractivity contribution in [1.29, 1.82) is 0 Å². The van der Waals surface area contributed by atoms with Crippen molar-refractivity contribution in [3.8, 4) is 0 Å². The average molecular weight is 302 g/mol. The molecule has 0 aliphatic rings. The third-order valence-electron chi connectivity index (χ3n) is 2.29. The largest absolute Gasteiger partial charge is 0.456 e. The molecule has 6 heteroatoms. The van der Waals surface area contributed by atoms with Gasteiger partial charge in [-0.05, 0) is 23.6 Å². The van der Waals surface area contributed by atoms with E-state index in [1.807, 2.05) is 0 Å². The fourth-order valence-corrected chi connectivity index (χ4v) is 2.58. The Balaban J connectivity index is 2.09. The minimum Gasteiger partial charge on any atom is -0.456 e. The van der Waals surface area contributed by atoms with E-state index in [1.54, 1.807) is 29.6 Å². The number of hydrogen-bond donors (Lipinski definition) is 1. The van der Waals surface area contributed by atoms with E-state index in [2.05, 4.69) is 0 Å². The van der Waals surface area contributed by atoms with Gasteiger partial charge in [0.25, 0.3) is 0 Å². The third kappa shape index (κ3) is 2.77. The zero-order valence-electron chi connectivity index (χ0n) is 9.15. The molecule has 1 aromatic carbocycles. The van der Waals surface area contributed by atoms with Crippen LogP contribution in [0.15, 0.2) is 29.6 Å². The van der Waals surface area contributed by atoms with Gasteiger partial charge in [0.05, 0.1) is 5.69 Å². The van der Waals surface area contributed by atoms with Gasteiger partial charge in [0.1, 0.15) is 11.5 Å². The Morgan fingerprint density at radius 3 is 2.50 bits per heavy atom. The lowest BCUT2D eigenvalue weighted by atomic mass is 10.2. The van der Waals surface area contributed by atoms with E-state index < -0.39 is 5.97 Å². The molecule has 0 unspecified atom stereocenters. The maximum absolute atomic E-state index is 11.7. The van der Waals surface area contributed by atoms with Gasteiger partial charge in [0.2, 0.25) is 0 Å². The standard InChI is InChI=1S/C12H9Cl2NO2S/c13-8-2-1-3-9(14)7(8)6-17-12(16)11-10(15)4-5-18-11/h1-5H,6,15H2. The van der Waals surface area contributed by atoms with Crippen LogP contribution in [0.1, 0.15) is 15.2 Å². The van der Waals surface area contributed by atoms with Crippen LogP contribution in [0.4, 0.5) is 5.69 Å². The number of ether oxygens (including phenoxy) is 1. The normalized spacial score (nSPS) is 10.3. The Labute approximate surface area is 118 Å². The van der Waals surface area contributed by atoms with Crippen LogP contribution in [0.5, 0.6) is 0 Å². The molecule has 0 saturated carbocycles. The van der Waals surface area contributed by atoms with Gasteiger partial charge < -0.3 is 10.5 Å². The van der Waals surface area contributed by atoms with Crippen LogP contribution in [-0.2, 0) is 11.3 Å². The van der Waals surface area contributed by atoms with Crippen molar-refractivity contribution < 1.29 is 9.53 Å². The quantitative estimate of drug-likeness (QED) is 0.872. The molecule has 2 N–H and O–H groups in total. The van der Waals surface area contributed by atoms with Crippen molar-refractivity contribution in [3.63, 3.8) is 0 Å². The molecule has 0 aliphatic heterocycles. The second kappa shape index (κ2) is 5.61. The van der Waals surface area contributed by atoms with Gasteiger partial charge in [0, 0.05) is 15.6 Å². The molecular formula is C12H9Cl2NO2S. The van der Waals surface area contributed by atoms with E-state index in [0.717, 1.165) is 0 Å². The third-order valence-corrected chi connectivity index (χ3v) is 3.91. The fraction of sp³-hybridized carbons (Fsp3) is 0.0833. The summed E-state index contributed by atoms with van der Waals surface area (Å²) < 4.78 is 5.14. The number of nitrogens with two attached hydrogens (primary N) is 1. The summed E-state index contributed by atoms with van der Waals surface area (Å²) in [5, 5.41) is 2.66. The predicted octanol–water partition coefficient (Wildman–Crippen LogP) is 3.99. The highest BCUT2D eigenvalue weighted by atomic mass is 35.5. The Bertz CT molecular complexity index is 563. The summed E-state index contributed by atoms with van der Waals surface area (Å²) in [7, 11) is 0. The van der Waals surface area contributed by atoms with Crippen molar-refractivity contribution in [3.05, 3.63) is 50.1 Å². The average Bonchev–Trinajstić information content (AvgIpc) is 2.74. The van der Waals surface area contributed by atoms with Crippen molar-refractivity contribution in [1.82, 2.24) is 0 Å². The molecule has 0 amide bonds. The number of halogens is 2. The molecule has 1 aromatic heterocycles. The van der Waals surface area contributed by atoms with Gasteiger partial charge in [-0.1, -0.05) is 29.3 Å². The Morgan fingerprint density at radius 1 is 1.28 bits per heavy atom. The topological polar surface area (TPSA) is 52.3 Å². The van der Waals surface area contributed by atoms with Crippen molar-refractivity contribution >= 4 is 46.2 Å². The first-order chi connectivity index (χ1) is 8.59. The second-order valence-electron chi connectivity index (χ2n) is 3.48. The van der Waals surface area contributed by atoms with Crippen LogP contribution in [0.2, 0.25) is 10.0 Å². The number of thiophene rings is 1. The van der Waals surface area contributed by atoms with E-state index in [9.17, 15) is 4.79 Å². The second-order valence-corrected chi connectivity index (χ2v) is 5.21. The molecule has 0 saturated heterocycles. The Hall–Kier alpha value is -1.23. The van der Waals surface area contributed by atoms with Crippen LogP contribution < -0.4 is 5.73 Å². The van der Waals surface area contributed by atoms with E-state index in [0.29, 0.717) is 26.2 Å². The molecule has 0 spiro atoms. The number of carbonyl (C=O) groups excluding carboxylic acids is 1. The smallest absolute Gasteiger partial charge is 0.350 e. The van der Waals surface area contributed by atoms with Gasteiger partial charge in [-0.2, -0.15) is 0 Å². The zero-order chi connectivity index (χ0) is 13.1. The molecule has 0 aliphatic carbocycles. The lowest BCUT2D eigenvalue weighted by Gasteiger charge is -2.07. The highest BCUT2D eigenvalue weighted by molar-refractivity contribution is 7.12. The first-order valence-electron chi connectivity index (χ1n) is 5.02. The van der Waals surface area contributed by atoms with E-state index in [-0.39, 0.29) is 6.61 Å². The zero-order valence-corrected chi connectivity index (χ0v) is 11.5. The lowest BCUT2D eigenvalue weighted by Crippen LogP contribution is -2.06. The van der Waals surface area contributed by atoms with E-state index in [1.165, 1.54) is 11.3 Å². The molecule has 2 rings (SSSR count). The summed E-state index contributed by atoms with van der Waals surface area (Å²) in [6.45, 7) is 0.0225. The molecule has 2 aromatic rings. The summed E-state index contributed by atoms with van der Waals surface area (Å²) in [6.07, 6.45) is 0. The van der Waals surface area contributed by atoms with Crippen LogP contribution in [-0.4, -0.2) is 5.97 Å². The molecule has 0 radical (unpaired) electrons. The predicted molar refractivity (Wildman–Crippen MR) is 74.3 cm³/mol. The maximum atomic E-state index is 11.7. The van der Waals surface area contributed by atoms with Crippen LogP contribution in [0.25, 0.3) is 0 Å². The molecule has 3 nitrogen and oxygen atoms in total. The Morgan fingerprint density at radius 2 is 1.94 bits per heavy atom. The van der Waals surface area contributed by atoms with Gasteiger partial charge in [0.15, 0.2) is 0 Å². The number of benzene rings is 1. The van der Waals surface area contributed by atoms with Crippen molar-refractivity contribution in [2.75, 3.05) is 5.73 Å². The van der Waals surface area contributed by atoms with Crippen LogP contribution >= 0.6 is 34.5 Å². The highest BCUT2D eigenvalue weighted by Crippen LogP contribution is 2.26. The minimum absolute atomic E-state index is 0.0225. The molecule has 0 atom stereocenters. The summed E-state index contributed by atoms with van der Waals surface area (Å²) in [5.41, 5.74) is 6.63. The SMILES string of the molecule is Nc1ccsc1C(=O)OCc1c(Cl)cccc1Cl. The molecule has 0 fully saturated rings. The molecule has 18 heavy (non-hydrogen) atoms. The minimum atomic E-state index is -0.474. The number of esters is 1.